The summed E-state index contributed by atoms with van der Waals surface area (Å²) in [5.41, 5.74) is 3.98. The van der Waals surface area contributed by atoms with Crippen LogP contribution in [0.15, 0.2) is 65.7 Å². The first kappa shape index (κ1) is 12.4. The summed E-state index contributed by atoms with van der Waals surface area (Å²) >= 11 is 0. The number of benzene rings is 2. The third-order valence-electron chi connectivity index (χ3n) is 4.15. The van der Waals surface area contributed by atoms with Crippen LogP contribution in [0.3, 0.4) is 0 Å². The summed E-state index contributed by atoms with van der Waals surface area (Å²) < 4.78 is 35.1. The second-order valence-electron chi connectivity index (χ2n) is 5.68. The highest BCUT2D eigenvalue weighted by atomic mass is 16.2. The highest BCUT2D eigenvalue weighted by Gasteiger charge is 2.41. The topological polar surface area (TPSA) is 75.8 Å². The lowest BCUT2D eigenvalue weighted by Crippen LogP contribution is -2.45. The van der Waals surface area contributed by atoms with Gasteiger partial charge in [0, 0.05) is 12.0 Å². The van der Waals surface area contributed by atoms with Gasteiger partial charge in [-0.25, -0.2) is 0 Å². The maximum Gasteiger partial charge on any atom is 0.249 e. The van der Waals surface area contributed by atoms with Crippen molar-refractivity contribution in [2.24, 2.45) is 10.7 Å². The largest absolute Gasteiger partial charge is 0.369 e. The molecule has 0 spiro atoms. The number of primary amides is 1. The van der Waals surface area contributed by atoms with E-state index >= 15 is 0 Å². The van der Waals surface area contributed by atoms with Gasteiger partial charge in [0.1, 0.15) is 17.8 Å². The van der Waals surface area contributed by atoms with Crippen LogP contribution in [0.5, 0.6) is 0 Å². The molecule has 0 fully saturated rings. The van der Waals surface area contributed by atoms with Crippen LogP contribution in [-0.2, 0) is 15.0 Å². The second-order valence-corrected chi connectivity index (χ2v) is 5.68. The first-order chi connectivity index (χ1) is 13.6. The fourth-order valence-corrected chi connectivity index (χ4v) is 2.82. The van der Waals surface area contributed by atoms with E-state index in [-0.39, 0.29) is 23.5 Å². The smallest absolute Gasteiger partial charge is 0.249 e. The first-order valence-corrected chi connectivity index (χ1v) is 7.83. The highest BCUT2D eigenvalue weighted by molar-refractivity contribution is 6.03. The predicted molar refractivity (Wildman–Crippen MR) is 97.2 cm³/mol. The van der Waals surface area contributed by atoms with Crippen LogP contribution in [0.1, 0.15) is 29.9 Å². The standard InChI is InChI=1S/C20H21N3O2/c1-15-22-14-18(24)23(15)13-12-20(19(21)25,16-8-4-2-5-9-16)17-10-6-3-7-11-17/h2-11H,12-14H2,1H3,(H2,21,25)/i12D2,13D2. The molecule has 5 nitrogen and oxygen atoms in total. The van der Waals surface area contributed by atoms with Crippen LogP contribution in [0.4, 0.5) is 0 Å². The first-order valence-electron chi connectivity index (χ1n) is 9.83. The van der Waals surface area contributed by atoms with Crippen LogP contribution in [0, 0.1) is 0 Å². The quantitative estimate of drug-likeness (QED) is 0.875. The van der Waals surface area contributed by atoms with Gasteiger partial charge >= 0.3 is 0 Å². The molecule has 1 aliphatic heterocycles. The normalized spacial score (nSPS) is 18.0. The van der Waals surface area contributed by atoms with Gasteiger partial charge in [-0.15, -0.1) is 0 Å². The van der Waals surface area contributed by atoms with Crippen molar-refractivity contribution in [1.29, 1.82) is 0 Å². The fraction of sp³-hybridized carbons (Fsp3) is 0.250. The summed E-state index contributed by atoms with van der Waals surface area (Å²) in [6.07, 6.45) is -2.95. The number of aliphatic imine (C=N–C) groups is 1. The zero-order valence-electron chi connectivity index (χ0n) is 17.8. The number of hydrogen-bond acceptors (Lipinski definition) is 3. The summed E-state index contributed by atoms with van der Waals surface area (Å²) in [6, 6.07) is 16.0. The number of amides is 2. The number of rotatable bonds is 6. The van der Waals surface area contributed by atoms with E-state index in [0.717, 1.165) is 0 Å². The van der Waals surface area contributed by atoms with Crippen LogP contribution in [0.25, 0.3) is 0 Å². The monoisotopic (exact) mass is 339 g/mol. The molecule has 0 radical (unpaired) electrons. The number of hydrogen-bond donors (Lipinski definition) is 1. The Kier molecular flexibility index (Phi) is 3.42. The third kappa shape index (κ3) is 3.05. The molecule has 2 aromatic rings. The van der Waals surface area contributed by atoms with E-state index < -0.39 is 30.1 Å². The lowest BCUT2D eigenvalue weighted by Gasteiger charge is -2.33. The Bertz CT molecular complexity index is 923. The van der Waals surface area contributed by atoms with Crippen molar-refractivity contribution in [2.45, 2.75) is 18.7 Å². The SMILES string of the molecule is [2H]C([2H])(N1C(=O)CN=C1C)C([2H])([2H])C(C(N)=O)(c1ccccc1)c1ccccc1. The molecule has 0 aromatic heterocycles. The average molecular weight is 339 g/mol. The van der Waals surface area contributed by atoms with E-state index in [1.165, 1.54) is 31.2 Å². The number of amidine groups is 1. The molecule has 1 heterocycles. The molecule has 0 bridgehead atoms. The van der Waals surface area contributed by atoms with E-state index in [9.17, 15) is 9.59 Å². The van der Waals surface area contributed by atoms with Crippen LogP contribution < -0.4 is 5.73 Å². The summed E-state index contributed by atoms with van der Waals surface area (Å²) in [7, 11) is 0. The molecular weight excluding hydrogens is 314 g/mol. The average Bonchev–Trinajstić information content (AvgIpc) is 3.02. The van der Waals surface area contributed by atoms with Gasteiger partial charge in [-0.05, 0) is 24.4 Å². The Morgan fingerprint density at radius 2 is 1.68 bits per heavy atom. The van der Waals surface area contributed by atoms with Crippen molar-refractivity contribution in [2.75, 3.05) is 13.0 Å². The van der Waals surface area contributed by atoms with E-state index in [0.29, 0.717) is 4.90 Å². The molecule has 5 heteroatoms. The molecule has 2 N–H and O–H groups in total. The third-order valence-corrected chi connectivity index (χ3v) is 4.15. The maximum atomic E-state index is 13.0. The number of nitrogens with two attached hydrogens (primary N) is 1. The zero-order chi connectivity index (χ0) is 21.4. The Labute approximate surface area is 152 Å². The number of carbonyl (C=O) groups is 2. The Morgan fingerprint density at radius 1 is 1.16 bits per heavy atom. The van der Waals surface area contributed by atoms with Gasteiger partial charge in [0.15, 0.2) is 0 Å². The maximum absolute atomic E-state index is 13.0. The Morgan fingerprint density at radius 3 is 2.08 bits per heavy atom. The lowest BCUT2D eigenvalue weighted by molar-refractivity contribution is -0.126. The van der Waals surface area contributed by atoms with E-state index in [1.54, 1.807) is 36.4 Å². The lowest BCUT2D eigenvalue weighted by atomic mass is 9.71. The number of nitrogens with zero attached hydrogens (tertiary/aromatic N) is 2. The van der Waals surface area contributed by atoms with Crippen molar-refractivity contribution < 1.29 is 15.1 Å². The van der Waals surface area contributed by atoms with E-state index in [1.807, 2.05) is 0 Å². The summed E-state index contributed by atoms with van der Waals surface area (Å²) in [6.45, 7) is -1.77. The molecule has 2 aromatic carbocycles. The van der Waals surface area contributed by atoms with Gasteiger partial charge in [0.25, 0.3) is 0 Å². The van der Waals surface area contributed by atoms with Crippen molar-refractivity contribution in [3.8, 4) is 0 Å². The minimum absolute atomic E-state index is 0.0448. The van der Waals surface area contributed by atoms with Gasteiger partial charge in [-0.1, -0.05) is 60.7 Å². The molecule has 25 heavy (non-hydrogen) atoms. The second kappa shape index (κ2) is 6.89. The molecule has 128 valence electrons. The van der Waals surface area contributed by atoms with E-state index in [4.69, 9.17) is 11.2 Å². The molecule has 0 aliphatic carbocycles. The molecular formula is C20H21N3O2. The van der Waals surface area contributed by atoms with Crippen molar-refractivity contribution in [3.05, 3.63) is 71.8 Å². The van der Waals surface area contributed by atoms with Crippen molar-refractivity contribution >= 4 is 17.6 Å². The van der Waals surface area contributed by atoms with Gasteiger partial charge in [0.2, 0.25) is 11.8 Å². The Hall–Kier alpha value is -2.95. The van der Waals surface area contributed by atoms with Crippen LogP contribution in [0.2, 0.25) is 0 Å². The van der Waals surface area contributed by atoms with Gasteiger partial charge in [0.05, 0.1) is 0 Å². The van der Waals surface area contributed by atoms with Crippen LogP contribution >= 0.6 is 0 Å². The molecule has 0 unspecified atom stereocenters. The molecule has 3 rings (SSSR count). The fourth-order valence-electron chi connectivity index (χ4n) is 2.82. The minimum Gasteiger partial charge on any atom is -0.369 e. The number of carbonyl (C=O) groups excluding carboxylic acids is 2. The molecule has 0 saturated carbocycles. The summed E-state index contributed by atoms with van der Waals surface area (Å²) in [4.78, 5) is 29.9. The molecule has 1 aliphatic rings. The predicted octanol–water partition coefficient (Wildman–Crippen LogP) is 2.11. The molecule has 2 amide bonds. The van der Waals surface area contributed by atoms with Crippen molar-refractivity contribution in [1.82, 2.24) is 4.90 Å². The van der Waals surface area contributed by atoms with Gasteiger partial charge < -0.3 is 5.73 Å². The summed E-state index contributed by atoms with van der Waals surface area (Å²) in [5, 5.41) is 0. The highest BCUT2D eigenvalue weighted by Crippen LogP contribution is 2.36. The molecule has 0 atom stereocenters. The van der Waals surface area contributed by atoms with Crippen molar-refractivity contribution in [3.63, 3.8) is 0 Å². The minimum atomic E-state index is -2.95. The summed E-state index contributed by atoms with van der Waals surface area (Å²) in [5.74, 6) is -1.70. The van der Waals surface area contributed by atoms with Gasteiger partial charge in [-0.2, -0.15) is 0 Å². The Balaban J connectivity index is 2.35. The van der Waals surface area contributed by atoms with Crippen LogP contribution in [-0.4, -0.2) is 35.6 Å². The zero-order valence-corrected chi connectivity index (χ0v) is 13.8. The molecule has 0 saturated heterocycles. The van der Waals surface area contributed by atoms with Gasteiger partial charge in [-0.3, -0.25) is 19.5 Å². The van der Waals surface area contributed by atoms with E-state index in [2.05, 4.69) is 4.99 Å².